The minimum absolute atomic E-state index is 0. The van der Waals surface area contributed by atoms with Crippen molar-refractivity contribution in [2.24, 2.45) is 4.99 Å². The second-order valence-electron chi connectivity index (χ2n) is 6.28. The summed E-state index contributed by atoms with van der Waals surface area (Å²) < 4.78 is 26.5. The molecule has 0 unspecified atom stereocenters. The normalized spacial score (nSPS) is 15.4. The van der Waals surface area contributed by atoms with Crippen molar-refractivity contribution in [2.45, 2.75) is 30.6 Å². The van der Waals surface area contributed by atoms with Crippen molar-refractivity contribution in [1.82, 2.24) is 4.72 Å². The van der Waals surface area contributed by atoms with E-state index in [2.05, 4.69) is 15.0 Å². The summed E-state index contributed by atoms with van der Waals surface area (Å²) in [6.45, 7) is 0.499. The number of para-hydroxylation sites is 2. The molecule has 0 saturated heterocycles. The third-order valence-electron chi connectivity index (χ3n) is 4.23. The monoisotopic (exact) mass is 422 g/mol. The molecule has 4 N–H and O–H groups in total. The van der Waals surface area contributed by atoms with Crippen LogP contribution >= 0.6 is 12.4 Å². The van der Waals surface area contributed by atoms with Crippen LogP contribution in [-0.2, 0) is 14.8 Å². The second kappa shape index (κ2) is 9.57. The number of nitrogens with two attached hydrogens (primary N) is 1. The van der Waals surface area contributed by atoms with E-state index in [9.17, 15) is 13.2 Å². The first-order valence-electron chi connectivity index (χ1n) is 8.78. The molecule has 0 saturated carbocycles. The molecule has 28 heavy (non-hydrogen) atoms. The number of hydrogen-bond acceptors (Lipinski definition) is 5. The number of fused-ring (bicyclic) bond motifs is 1. The fourth-order valence-electron chi connectivity index (χ4n) is 2.84. The van der Waals surface area contributed by atoms with Gasteiger partial charge in [-0.2, -0.15) is 0 Å². The fraction of sp³-hybridized carbons (Fsp3) is 0.263. The molecule has 0 fully saturated rings. The van der Waals surface area contributed by atoms with Crippen LogP contribution in [-0.4, -0.2) is 26.7 Å². The zero-order valence-corrected chi connectivity index (χ0v) is 16.9. The summed E-state index contributed by atoms with van der Waals surface area (Å²) in [5.74, 6) is 0.319. The smallest absolute Gasteiger partial charge is 0.263 e. The molecule has 1 aliphatic rings. The number of halogens is 1. The zero-order valence-electron chi connectivity index (χ0n) is 15.2. The number of amidine groups is 1. The summed E-state index contributed by atoms with van der Waals surface area (Å²) in [7, 11) is -3.49. The molecule has 9 heteroatoms. The van der Waals surface area contributed by atoms with Gasteiger partial charge in [-0.3, -0.25) is 14.5 Å². The summed E-state index contributed by atoms with van der Waals surface area (Å²) in [5, 5.41) is 2.80. The summed E-state index contributed by atoms with van der Waals surface area (Å²) in [5.41, 5.74) is 7.58. The number of carbonyl (C=O) groups is 1. The van der Waals surface area contributed by atoms with Gasteiger partial charge in [0.1, 0.15) is 5.84 Å². The number of amides is 1. The number of carbonyl (C=O) groups excluding carboxylic acids is 1. The number of anilines is 2. The molecule has 0 aliphatic carbocycles. The molecule has 1 heterocycles. The van der Waals surface area contributed by atoms with Crippen molar-refractivity contribution >= 4 is 45.5 Å². The third-order valence-corrected chi connectivity index (χ3v) is 5.63. The van der Waals surface area contributed by atoms with Gasteiger partial charge >= 0.3 is 0 Å². The van der Waals surface area contributed by atoms with Gasteiger partial charge in [0.05, 0.1) is 16.3 Å². The number of unbranched alkanes of at least 4 members (excludes halogenated alkanes) is 2. The van der Waals surface area contributed by atoms with Gasteiger partial charge in [0.25, 0.3) is 10.0 Å². The highest BCUT2D eigenvalue weighted by Crippen LogP contribution is 2.22. The van der Waals surface area contributed by atoms with Crippen LogP contribution in [0.15, 0.2) is 58.4 Å². The van der Waals surface area contributed by atoms with E-state index in [1.807, 2.05) is 12.1 Å². The summed E-state index contributed by atoms with van der Waals surface area (Å²) in [4.78, 5) is 16.6. The Morgan fingerprint density at radius 3 is 2.54 bits per heavy atom. The van der Waals surface area contributed by atoms with E-state index < -0.39 is 10.0 Å². The van der Waals surface area contributed by atoms with Crippen molar-refractivity contribution < 1.29 is 13.2 Å². The predicted octanol–water partition coefficient (Wildman–Crippen LogP) is 2.93. The van der Waals surface area contributed by atoms with Crippen molar-refractivity contribution in [1.29, 1.82) is 0 Å². The number of hydrogen-bond donors (Lipinski definition) is 3. The predicted molar refractivity (Wildman–Crippen MR) is 113 cm³/mol. The average molecular weight is 423 g/mol. The molecule has 2 aromatic rings. The van der Waals surface area contributed by atoms with Gasteiger partial charge in [-0.05, 0) is 37.1 Å². The Morgan fingerprint density at radius 1 is 1.04 bits per heavy atom. The Morgan fingerprint density at radius 2 is 1.75 bits per heavy atom. The maximum Gasteiger partial charge on any atom is 0.263 e. The SMILES string of the molecule is Cl.Nc1ccccc1NC(=O)CCCCCN=C1NS(=O)(=O)c2ccccc21. The molecular formula is C19H23ClN4O3S. The molecule has 0 radical (unpaired) electrons. The summed E-state index contributed by atoms with van der Waals surface area (Å²) >= 11 is 0. The topological polar surface area (TPSA) is 114 Å². The molecule has 1 amide bonds. The van der Waals surface area contributed by atoms with Crippen LogP contribution in [0.2, 0.25) is 0 Å². The van der Waals surface area contributed by atoms with E-state index >= 15 is 0 Å². The van der Waals surface area contributed by atoms with Crippen molar-refractivity contribution in [3.05, 3.63) is 54.1 Å². The van der Waals surface area contributed by atoms with Gasteiger partial charge < -0.3 is 11.1 Å². The lowest BCUT2D eigenvalue weighted by Gasteiger charge is -2.07. The van der Waals surface area contributed by atoms with Gasteiger partial charge in [0.15, 0.2) is 0 Å². The van der Waals surface area contributed by atoms with Gasteiger partial charge in [-0.25, -0.2) is 8.42 Å². The number of sulfonamides is 1. The highest BCUT2D eigenvalue weighted by molar-refractivity contribution is 7.90. The lowest BCUT2D eigenvalue weighted by Crippen LogP contribution is -2.22. The minimum atomic E-state index is -3.49. The van der Waals surface area contributed by atoms with E-state index in [0.717, 1.165) is 19.3 Å². The van der Waals surface area contributed by atoms with Crippen LogP contribution in [0.1, 0.15) is 31.2 Å². The van der Waals surface area contributed by atoms with Gasteiger partial charge in [0.2, 0.25) is 5.91 Å². The Labute approximate surface area is 170 Å². The van der Waals surface area contributed by atoms with Crippen LogP contribution < -0.4 is 15.8 Å². The van der Waals surface area contributed by atoms with E-state index in [1.165, 1.54) is 0 Å². The number of aliphatic imine (C=N–C) groups is 1. The molecule has 0 aromatic heterocycles. The number of benzene rings is 2. The zero-order chi connectivity index (χ0) is 19.3. The third kappa shape index (κ3) is 5.24. The molecule has 2 aromatic carbocycles. The van der Waals surface area contributed by atoms with Crippen LogP contribution in [0.4, 0.5) is 11.4 Å². The summed E-state index contributed by atoms with van der Waals surface area (Å²) in [6.07, 6.45) is 2.73. The highest BCUT2D eigenvalue weighted by atomic mass is 35.5. The molecule has 0 bridgehead atoms. The Hall–Kier alpha value is -2.58. The maximum atomic E-state index is 12.0. The van der Waals surface area contributed by atoms with Crippen molar-refractivity contribution in [3.63, 3.8) is 0 Å². The maximum absolute atomic E-state index is 12.0. The molecule has 0 spiro atoms. The Kier molecular flexibility index (Phi) is 7.42. The standard InChI is InChI=1S/C19H22N4O3S.ClH/c20-15-9-4-5-10-16(15)22-18(24)12-2-1-7-13-21-19-14-8-3-6-11-17(14)27(25,26)23-19;/h3-6,8-11H,1-2,7,12-13,20H2,(H,21,23)(H,22,24);1H. The molecule has 7 nitrogen and oxygen atoms in total. The average Bonchev–Trinajstić information content (AvgIpc) is 2.91. The largest absolute Gasteiger partial charge is 0.397 e. The lowest BCUT2D eigenvalue weighted by atomic mass is 10.1. The van der Waals surface area contributed by atoms with Crippen molar-refractivity contribution in [2.75, 3.05) is 17.6 Å². The fourth-order valence-corrected chi connectivity index (χ4v) is 4.09. The quantitative estimate of drug-likeness (QED) is 0.470. The summed E-state index contributed by atoms with van der Waals surface area (Å²) in [6, 6.07) is 13.9. The molecule has 1 aliphatic heterocycles. The molecule has 0 atom stereocenters. The molecule has 3 rings (SSSR count). The first-order valence-corrected chi connectivity index (χ1v) is 10.3. The van der Waals surface area contributed by atoms with Crippen LogP contribution in [0.3, 0.4) is 0 Å². The van der Waals surface area contributed by atoms with E-state index in [4.69, 9.17) is 5.73 Å². The van der Waals surface area contributed by atoms with Gasteiger partial charge in [-0.1, -0.05) is 30.7 Å². The van der Waals surface area contributed by atoms with E-state index in [0.29, 0.717) is 35.7 Å². The highest BCUT2D eigenvalue weighted by Gasteiger charge is 2.29. The van der Waals surface area contributed by atoms with Gasteiger partial charge in [0, 0.05) is 18.5 Å². The number of nitrogens with one attached hydrogen (secondary N) is 2. The van der Waals surface area contributed by atoms with Crippen molar-refractivity contribution in [3.8, 4) is 0 Å². The first kappa shape index (κ1) is 21.7. The van der Waals surface area contributed by atoms with Crippen LogP contribution in [0.25, 0.3) is 0 Å². The second-order valence-corrected chi connectivity index (χ2v) is 7.93. The number of rotatable bonds is 7. The molecular weight excluding hydrogens is 400 g/mol. The lowest BCUT2D eigenvalue weighted by molar-refractivity contribution is -0.116. The number of nitrogens with zero attached hydrogens (tertiary/aromatic N) is 1. The Bertz CT molecular complexity index is 977. The van der Waals surface area contributed by atoms with Crippen LogP contribution in [0, 0.1) is 0 Å². The van der Waals surface area contributed by atoms with E-state index in [-0.39, 0.29) is 23.2 Å². The minimum Gasteiger partial charge on any atom is -0.397 e. The first-order chi connectivity index (χ1) is 13.0. The van der Waals surface area contributed by atoms with Crippen LogP contribution in [0.5, 0.6) is 0 Å². The Balaban J connectivity index is 0.00000280. The van der Waals surface area contributed by atoms with Gasteiger partial charge in [-0.15, -0.1) is 12.4 Å². The van der Waals surface area contributed by atoms with E-state index in [1.54, 1.807) is 36.4 Å². The molecule has 150 valence electrons. The number of nitrogen functional groups attached to an aromatic ring is 1.